The predicted molar refractivity (Wildman–Crippen MR) is 73.5 cm³/mol. The summed E-state index contributed by atoms with van der Waals surface area (Å²) in [4.78, 5) is 16.2. The number of carbonyl (C=O) groups is 1. The summed E-state index contributed by atoms with van der Waals surface area (Å²) < 4.78 is 0. The van der Waals surface area contributed by atoms with Crippen molar-refractivity contribution < 1.29 is 4.79 Å². The van der Waals surface area contributed by atoms with Crippen molar-refractivity contribution in [2.45, 2.75) is 51.1 Å². The maximum Gasteiger partial charge on any atom is 0.236 e. The number of amides is 1. The first-order valence-electron chi connectivity index (χ1n) is 7.42. The third kappa shape index (κ3) is 3.95. The highest BCUT2D eigenvalue weighted by atomic mass is 16.2. The highest BCUT2D eigenvalue weighted by Gasteiger charge is 2.27. The van der Waals surface area contributed by atoms with Crippen LogP contribution in [-0.2, 0) is 4.79 Å². The molecule has 1 unspecified atom stereocenters. The Hall–Kier alpha value is -0.610. The maximum absolute atomic E-state index is 12.0. The van der Waals surface area contributed by atoms with E-state index in [1.54, 1.807) is 0 Å². The minimum atomic E-state index is 0.260. The molecule has 0 aromatic heterocycles. The van der Waals surface area contributed by atoms with Crippen molar-refractivity contribution >= 4 is 5.91 Å². The molecule has 0 bridgehead atoms. The van der Waals surface area contributed by atoms with Crippen LogP contribution in [0, 0.1) is 0 Å². The molecule has 0 aromatic rings. The fraction of sp³-hybridized carbons (Fsp3) is 0.929. The van der Waals surface area contributed by atoms with Gasteiger partial charge in [-0.05, 0) is 39.2 Å². The second-order valence-electron chi connectivity index (χ2n) is 5.71. The molecule has 1 aliphatic carbocycles. The Morgan fingerprint density at radius 3 is 2.78 bits per heavy atom. The number of hydrogen-bond donors (Lipinski definition) is 1. The molecule has 1 amide bonds. The van der Waals surface area contributed by atoms with Gasteiger partial charge >= 0.3 is 0 Å². The molecule has 104 valence electrons. The van der Waals surface area contributed by atoms with Gasteiger partial charge in [0.1, 0.15) is 0 Å². The van der Waals surface area contributed by atoms with E-state index < -0.39 is 0 Å². The molecule has 1 heterocycles. The maximum atomic E-state index is 12.0. The van der Waals surface area contributed by atoms with Crippen molar-refractivity contribution in [2.75, 3.05) is 33.2 Å². The van der Waals surface area contributed by atoms with Gasteiger partial charge in [-0.1, -0.05) is 6.42 Å². The molecular weight excluding hydrogens is 226 g/mol. The first-order chi connectivity index (χ1) is 8.70. The summed E-state index contributed by atoms with van der Waals surface area (Å²) in [5.41, 5.74) is 0. The largest absolute Gasteiger partial charge is 0.345 e. The van der Waals surface area contributed by atoms with Gasteiger partial charge in [0.2, 0.25) is 5.91 Å². The summed E-state index contributed by atoms with van der Waals surface area (Å²) in [6.45, 7) is 5.58. The van der Waals surface area contributed by atoms with E-state index in [-0.39, 0.29) is 5.91 Å². The summed E-state index contributed by atoms with van der Waals surface area (Å²) in [5, 5.41) is 3.61. The van der Waals surface area contributed by atoms with Crippen molar-refractivity contribution in [3.8, 4) is 0 Å². The van der Waals surface area contributed by atoms with Crippen LogP contribution in [0.15, 0.2) is 0 Å². The lowest BCUT2D eigenvalue weighted by atomic mass is 10.0. The van der Waals surface area contributed by atoms with Crippen LogP contribution in [0.1, 0.15) is 39.0 Å². The third-order valence-corrected chi connectivity index (χ3v) is 4.21. The lowest BCUT2D eigenvalue weighted by Crippen LogP contribution is -2.49. The topological polar surface area (TPSA) is 35.6 Å². The van der Waals surface area contributed by atoms with E-state index in [1.165, 1.54) is 32.1 Å². The number of carbonyl (C=O) groups excluding carboxylic acids is 1. The number of likely N-dealkylation sites (N-methyl/N-ethyl adjacent to an activating group) is 1. The monoisotopic (exact) mass is 253 g/mol. The van der Waals surface area contributed by atoms with Gasteiger partial charge in [-0.15, -0.1) is 0 Å². The highest BCUT2D eigenvalue weighted by molar-refractivity contribution is 5.78. The van der Waals surface area contributed by atoms with Crippen molar-refractivity contribution in [3.05, 3.63) is 0 Å². The van der Waals surface area contributed by atoms with Crippen LogP contribution >= 0.6 is 0 Å². The van der Waals surface area contributed by atoms with Crippen LogP contribution < -0.4 is 5.32 Å². The Morgan fingerprint density at radius 2 is 2.11 bits per heavy atom. The Kier molecular flexibility index (Phi) is 5.01. The fourth-order valence-electron chi connectivity index (χ4n) is 2.56. The summed E-state index contributed by atoms with van der Waals surface area (Å²) in [7, 11) is 1.89. The third-order valence-electron chi connectivity index (χ3n) is 4.21. The molecule has 0 spiro atoms. The normalized spacial score (nSPS) is 25.1. The van der Waals surface area contributed by atoms with Gasteiger partial charge in [0, 0.05) is 32.2 Å². The molecule has 1 saturated heterocycles. The van der Waals surface area contributed by atoms with E-state index in [4.69, 9.17) is 0 Å². The first-order valence-corrected chi connectivity index (χ1v) is 7.42. The highest BCUT2D eigenvalue weighted by Crippen LogP contribution is 2.21. The minimum absolute atomic E-state index is 0.260. The number of piperidine rings is 1. The predicted octanol–water partition coefficient (Wildman–Crippen LogP) is 1.07. The van der Waals surface area contributed by atoms with E-state index in [1.807, 2.05) is 18.9 Å². The van der Waals surface area contributed by atoms with Crippen molar-refractivity contribution in [3.63, 3.8) is 0 Å². The van der Waals surface area contributed by atoms with Gasteiger partial charge in [0.15, 0.2) is 0 Å². The first kappa shape index (κ1) is 13.8. The molecular formula is C14H27N3O. The molecule has 1 atom stereocenters. The summed E-state index contributed by atoms with van der Waals surface area (Å²) in [6, 6.07) is 1.33. The molecule has 0 radical (unpaired) electrons. The van der Waals surface area contributed by atoms with Crippen LogP contribution in [0.5, 0.6) is 0 Å². The number of hydrogen-bond acceptors (Lipinski definition) is 3. The zero-order chi connectivity index (χ0) is 13.0. The Labute approximate surface area is 111 Å². The minimum Gasteiger partial charge on any atom is -0.345 e. The SMILES string of the molecule is CCN(C)C(=O)CN1CCCCC1CNC1CC1. The van der Waals surface area contributed by atoms with Crippen LogP contribution in [-0.4, -0.2) is 61.0 Å². The fourth-order valence-corrected chi connectivity index (χ4v) is 2.56. The van der Waals surface area contributed by atoms with Crippen LogP contribution in [0.3, 0.4) is 0 Å². The molecule has 0 aromatic carbocycles. The number of nitrogens with one attached hydrogen (secondary N) is 1. The molecule has 2 fully saturated rings. The second kappa shape index (κ2) is 6.53. The van der Waals surface area contributed by atoms with E-state index in [0.29, 0.717) is 12.6 Å². The van der Waals surface area contributed by atoms with Crippen molar-refractivity contribution in [1.82, 2.24) is 15.1 Å². The van der Waals surface area contributed by atoms with E-state index >= 15 is 0 Å². The van der Waals surface area contributed by atoms with Gasteiger partial charge in [-0.3, -0.25) is 9.69 Å². The molecule has 18 heavy (non-hydrogen) atoms. The zero-order valence-corrected chi connectivity index (χ0v) is 11.8. The average Bonchev–Trinajstić information content (AvgIpc) is 3.20. The Balaban J connectivity index is 1.80. The molecule has 4 nitrogen and oxygen atoms in total. The van der Waals surface area contributed by atoms with Crippen LogP contribution in [0.2, 0.25) is 0 Å². The van der Waals surface area contributed by atoms with Gasteiger partial charge in [-0.25, -0.2) is 0 Å². The number of rotatable bonds is 6. The van der Waals surface area contributed by atoms with Crippen molar-refractivity contribution in [2.24, 2.45) is 0 Å². The molecule has 1 N–H and O–H groups in total. The second-order valence-corrected chi connectivity index (χ2v) is 5.71. The van der Waals surface area contributed by atoms with Crippen LogP contribution in [0.4, 0.5) is 0 Å². The van der Waals surface area contributed by atoms with Crippen LogP contribution in [0.25, 0.3) is 0 Å². The van der Waals surface area contributed by atoms with E-state index in [9.17, 15) is 4.79 Å². The lowest BCUT2D eigenvalue weighted by molar-refractivity contribution is -0.131. The zero-order valence-electron chi connectivity index (χ0n) is 11.8. The number of likely N-dealkylation sites (tertiary alicyclic amines) is 1. The summed E-state index contributed by atoms with van der Waals surface area (Å²) in [5.74, 6) is 0.260. The molecule has 1 saturated carbocycles. The lowest BCUT2D eigenvalue weighted by Gasteiger charge is -2.36. The average molecular weight is 253 g/mol. The molecule has 2 aliphatic rings. The van der Waals surface area contributed by atoms with Gasteiger partial charge in [0.05, 0.1) is 6.54 Å². The Morgan fingerprint density at radius 1 is 1.33 bits per heavy atom. The van der Waals surface area contributed by atoms with Gasteiger partial charge in [-0.2, -0.15) is 0 Å². The molecule has 1 aliphatic heterocycles. The Bertz CT molecular complexity index is 278. The van der Waals surface area contributed by atoms with E-state index in [0.717, 1.165) is 25.7 Å². The number of nitrogens with zero attached hydrogens (tertiary/aromatic N) is 2. The van der Waals surface area contributed by atoms with Gasteiger partial charge < -0.3 is 10.2 Å². The quantitative estimate of drug-likeness (QED) is 0.769. The molecule has 2 rings (SSSR count). The van der Waals surface area contributed by atoms with Crippen molar-refractivity contribution in [1.29, 1.82) is 0 Å². The van der Waals surface area contributed by atoms with Gasteiger partial charge in [0.25, 0.3) is 0 Å². The smallest absolute Gasteiger partial charge is 0.236 e. The summed E-state index contributed by atoms with van der Waals surface area (Å²) >= 11 is 0. The summed E-state index contributed by atoms with van der Waals surface area (Å²) in [6.07, 6.45) is 6.46. The van der Waals surface area contributed by atoms with E-state index in [2.05, 4.69) is 10.2 Å². The standard InChI is InChI=1S/C14H27N3O/c1-3-16(2)14(18)11-17-9-5-4-6-13(17)10-15-12-7-8-12/h12-13,15H,3-11H2,1-2H3. The molecule has 4 heteroatoms.